The first-order valence-corrected chi connectivity index (χ1v) is 9.73. The maximum atomic E-state index is 12.6. The van der Waals surface area contributed by atoms with Crippen molar-refractivity contribution in [3.8, 4) is 11.5 Å². The molecule has 0 aliphatic carbocycles. The van der Waals surface area contributed by atoms with Crippen LogP contribution >= 0.6 is 0 Å². The van der Waals surface area contributed by atoms with E-state index >= 15 is 0 Å². The molecule has 27 heavy (non-hydrogen) atoms. The number of pyridine rings is 1. The lowest BCUT2D eigenvalue weighted by molar-refractivity contribution is -0.129. The average Bonchev–Trinajstić information content (AvgIpc) is 2.67. The second-order valence-electron chi connectivity index (χ2n) is 5.68. The van der Waals surface area contributed by atoms with Crippen molar-refractivity contribution < 1.29 is 22.7 Å². The van der Waals surface area contributed by atoms with E-state index in [4.69, 9.17) is 9.47 Å². The first-order valence-electron chi connectivity index (χ1n) is 8.24. The highest BCUT2D eigenvalue weighted by atomic mass is 32.2. The summed E-state index contributed by atoms with van der Waals surface area (Å²) >= 11 is 0. The lowest BCUT2D eigenvalue weighted by atomic mass is 10.3. The van der Waals surface area contributed by atoms with Crippen LogP contribution in [0.2, 0.25) is 0 Å². The fourth-order valence-corrected chi connectivity index (χ4v) is 3.62. The number of amides is 1. The van der Waals surface area contributed by atoms with Crippen LogP contribution in [0.3, 0.4) is 0 Å². The Morgan fingerprint density at radius 3 is 2.56 bits per heavy atom. The summed E-state index contributed by atoms with van der Waals surface area (Å²) in [6.07, 6.45) is 1.64. The zero-order valence-corrected chi connectivity index (χ0v) is 16.3. The number of nitrogens with one attached hydrogen (secondary N) is 1. The van der Waals surface area contributed by atoms with Crippen LogP contribution in [0.15, 0.2) is 47.5 Å². The molecule has 2 rings (SSSR count). The monoisotopic (exact) mass is 393 g/mol. The highest BCUT2D eigenvalue weighted by molar-refractivity contribution is 7.89. The number of carbonyl (C=O) groups is 1. The van der Waals surface area contributed by atoms with E-state index in [0.717, 1.165) is 5.69 Å². The van der Waals surface area contributed by atoms with Crippen molar-refractivity contribution in [2.45, 2.75) is 18.4 Å². The van der Waals surface area contributed by atoms with Crippen LogP contribution in [-0.4, -0.2) is 51.5 Å². The van der Waals surface area contributed by atoms with E-state index in [1.54, 1.807) is 24.4 Å². The lowest BCUT2D eigenvalue weighted by Gasteiger charge is -2.21. The average molecular weight is 393 g/mol. The van der Waals surface area contributed by atoms with Crippen LogP contribution in [0.4, 0.5) is 0 Å². The summed E-state index contributed by atoms with van der Waals surface area (Å²) in [5.41, 5.74) is 0.727. The van der Waals surface area contributed by atoms with Gasteiger partial charge in [0.25, 0.3) is 0 Å². The second kappa shape index (κ2) is 9.33. The SMILES string of the molecule is COc1ccc(OC)c(S(=O)(=O)NCCN(Cc2ccccn2)C(C)=O)c1. The summed E-state index contributed by atoms with van der Waals surface area (Å²) in [4.78, 5) is 17.5. The van der Waals surface area contributed by atoms with Gasteiger partial charge in [-0.1, -0.05) is 6.07 Å². The van der Waals surface area contributed by atoms with Gasteiger partial charge in [0.15, 0.2) is 0 Å². The number of ether oxygens (including phenoxy) is 2. The van der Waals surface area contributed by atoms with Crippen molar-refractivity contribution >= 4 is 15.9 Å². The smallest absolute Gasteiger partial charge is 0.244 e. The van der Waals surface area contributed by atoms with Gasteiger partial charge in [0.2, 0.25) is 15.9 Å². The number of methoxy groups -OCH3 is 2. The van der Waals surface area contributed by atoms with Gasteiger partial charge in [-0.3, -0.25) is 9.78 Å². The first kappa shape index (κ1) is 20.7. The number of hydrogen-bond acceptors (Lipinski definition) is 6. The topological polar surface area (TPSA) is 97.8 Å². The third-order valence-electron chi connectivity index (χ3n) is 3.86. The Bertz CT molecular complexity index is 872. The Labute approximate surface area is 159 Å². The van der Waals surface area contributed by atoms with Crippen molar-refractivity contribution in [1.82, 2.24) is 14.6 Å². The van der Waals surface area contributed by atoms with Crippen molar-refractivity contribution in [2.24, 2.45) is 0 Å². The van der Waals surface area contributed by atoms with Crippen molar-refractivity contribution in [1.29, 1.82) is 0 Å². The molecule has 8 nitrogen and oxygen atoms in total. The van der Waals surface area contributed by atoms with E-state index < -0.39 is 10.0 Å². The minimum Gasteiger partial charge on any atom is -0.497 e. The molecule has 0 saturated carbocycles. The molecule has 1 aromatic carbocycles. The summed E-state index contributed by atoms with van der Waals surface area (Å²) in [6, 6.07) is 9.95. The predicted molar refractivity (Wildman–Crippen MR) is 100 cm³/mol. The Balaban J connectivity index is 2.06. The molecule has 0 fully saturated rings. The Morgan fingerprint density at radius 1 is 1.19 bits per heavy atom. The molecule has 2 aromatic rings. The van der Waals surface area contributed by atoms with Gasteiger partial charge in [-0.2, -0.15) is 0 Å². The molecule has 0 radical (unpaired) electrons. The predicted octanol–water partition coefficient (Wildman–Crippen LogP) is 1.43. The van der Waals surface area contributed by atoms with Gasteiger partial charge in [0, 0.05) is 32.3 Å². The number of benzene rings is 1. The second-order valence-corrected chi connectivity index (χ2v) is 7.41. The lowest BCUT2D eigenvalue weighted by Crippen LogP contribution is -2.37. The molecule has 1 amide bonds. The first-order chi connectivity index (χ1) is 12.9. The highest BCUT2D eigenvalue weighted by Crippen LogP contribution is 2.27. The molecule has 146 valence electrons. The summed E-state index contributed by atoms with van der Waals surface area (Å²) in [5, 5.41) is 0. The quantitative estimate of drug-likeness (QED) is 0.692. The van der Waals surface area contributed by atoms with Gasteiger partial charge in [-0.05, 0) is 24.3 Å². The van der Waals surface area contributed by atoms with Crippen LogP contribution < -0.4 is 14.2 Å². The normalized spacial score (nSPS) is 11.1. The van der Waals surface area contributed by atoms with Gasteiger partial charge in [-0.25, -0.2) is 13.1 Å². The Morgan fingerprint density at radius 2 is 1.96 bits per heavy atom. The molecule has 1 aromatic heterocycles. The minimum absolute atomic E-state index is 0.0246. The van der Waals surface area contributed by atoms with E-state index in [9.17, 15) is 13.2 Å². The molecule has 1 heterocycles. The van der Waals surface area contributed by atoms with Crippen LogP contribution in [0.5, 0.6) is 11.5 Å². The molecular weight excluding hydrogens is 370 g/mol. The molecule has 0 aliphatic rings. The van der Waals surface area contributed by atoms with Crippen molar-refractivity contribution in [3.05, 3.63) is 48.3 Å². The number of hydrogen-bond donors (Lipinski definition) is 1. The minimum atomic E-state index is -3.84. The van der Waals surface area contributed by atoms with Crippen molar-refractivity contribution in [2.75, 3.05) is 27.3 Å². The number of sulfonamides is 1. The van der Waals surface area contributed by atoms with E-state index in [0.29, 0.717) is 12.3 Å². The molecular formula is C18H23N3O5S. The Kier molecular flexibility index (Phi) is 7.14. The van der Waals surface area contributed by atoms with E-state index in [-0.39, 0.29) is 29.6 Å². The van der Waals surface area contributed by atoms with E-state index in [2.05, 4.69) is 9.71 Å². The Hall–Kier alpha value is -2.65. The van der Waals surface area contributed by atoms with Crippen LogP contribution in [-0.2, 0) is 21.4 Å². The van der Waals surface area contributed by atoms with Gasteiger partial charge in [0.1, 0.15) is 16.4 Å². The molecule has 0 bridgehead atoms. The number of rotatable bonds is 9. The molecule has 0 unspecified atom stereocenters. The highest BCUT2D eigenvalue weighted by Gasteiger charge is 2.21. The fraction of sp³-hybridized carbons (Fsp3) is 0.333. The molecule has 1 N–H and O–H groups in total. The third-order valence-corrected chi connectivity index (χ3v) is 5.34. The zero-order valence-electron chi connectivity index (χ0n) is 15.5. The molecule has 0 spiro atoms. The summed E-state index contributed by atoms with van der Waals surface area (Å²) in [5.74, 6) is 0.440. The number of carbonyl (C=O) groups excluding carboxylic acids is 1. The van der Waals surface area contributed by atoms with Crippen LogP contribution in [0.25, 0.3) is 0 Å². The maximum Gasteiger partial charge on any atom is 0.244 e. The van der Waals surface area contributed by atoms with Gasteiger partial charge < -0.3 is 14.4 Å². The van der Waals surface area contributed by atoms with Gasteiger partial charge in [0.05, 0.1) is 26.5 Å². The van der Waals surface area contributed by atoms with E-state index in [1.807, 2.05) is 6.07 Å². The van der Waals surface area contributed by atoms with E-state index in [1.165, 1.54) is 38.2 Å². The van der Waals surface area contributed by atoms with Gasteiger partial charge >= 0.3 is 0 Å². The van der Waals surface area contributed by atoms with Gasteiger partial charge in [-0.15, -0.1) is 0 Å². The third kappa shape index (κ3) is 5.66. The summed E-state index contributed by atoms with van der Waals surface area (Å²) in [7, 11) is -0.992. The standard InChI is InChI=1S/C18H23N3O5S/c1-14(22)21(13-15-6-4-5-9-19-15)11-10-20-27(23,24)18-12-16(25-2)7-8-17(18)26-3/h4-9,12,20H,10-11,13H2,1-3H3. The zero-order chi connectivity index (χ0) is 19.9. The summed E-state index contributed by atoms with van der Waals surface area (Å²) < 4.78 is 38.0. The fourth-order valence-electron chi connectivity index (χ4n) is 2.42. The van der Waals surface area contributed by atoms with Crippen LogP contribution in [0.1, 0.15) is 12.6 Å². The molecule has 0 atom stereocenters. The summed E-state index contributed by atoms with van der Waals surface area (Å²) in [6.45, 7) is 2.00. The largest absolute Gasteiger partial charge is 0.497 e. The van der Waals surface area contributed by atoms with Crippen LogP contribution in [0, 0.1) is 0 Å². The number of nitrogens with zero attached hydrogens (tertiary/aromatic N) is 2. The van der Waals surface area contributed by atoms with Crippen molar-refractivity contribution in [3.63, 3.8) is 0 Å². The molecule has 0 aliphatic heterocycles. The maximum absolute atomic E-state index is 12.6. The molecule has 9 heteroatoms. The molecule has 0 saturated heterocycles. The number of aromatic nitrogens is 1.